The molecule has 10 heteroatoms. The van der Waals surface area contributed by atoms with Crippen molar-refractivity contribution in [3.63, 3.8) is 0 Å². The first-order chi connectivity index (χ1) is 16.5. The summed E-state index contributed by atoms with van der Waals surface area (Å²) in [5.74, 6) is -0.873. The van der Waals surface area contributed by atoms with Gasteiger partial charge in [0.15, 0.2) is 0 Å². The van der Waals surface area contributed by atoms with Crippen molar-refractivity contribution in [2.24, 2.45) is 0 Å². The van der Waals surface area contributed by atoms with Gasteiger partial charge in [0.25, 0.3) is 0 Å². The van der Waals surface area contributed by atoms with Gasteiger partial charge in [-0.15, -0.1) is 0 Å². The van der Waals surface area contributed by atoms with Crippen LogP contribution in [-0.4, -0.2) is 55.6 Å². The summed E-state index contributed by atoms with van der Waals surface area (Å²) in [5, 5.41) is 5.07. The molecule has 2 amide bonds. The fraction of sp³-hybridized carbons (Fsp3) is 0.280. The SMILES string of the molecule is CCNC(=O)[C@H](C)N(Cc1ccc(Cl)c(Cl)c1)C(=O)CN(C)S(=O)(=O)c1ccc2ccccc2c1. The van der Waals surface area contributed by atoms with Crippen LogP contribution in [0, 0.1) is 0 Å². The molecule has 0 aromatic heterocycles. The Balaban J connectivity index is 1.86. The van der Waals surface area contributed by atoms with Crippen LogP contribution in [0.3, 0.4) is 0 Å². The Morgan fingerprint density at radius 2 is 1.66 bits per heavy atom. The van der Waals surface area contributed by atoms with Crippen LogP contribution in [0.2, 0.25) is 10.0 Å². The second-order valence-corrected chi connectivity index (χ2v) is 11.0. The lowest BCUT2D eigenvalue weighted by atomic mass is 10.1. The third kappa shape index (κ3) is 6.32. The summed E-state index contributed by atoms with van der Waals surface area (Å²) in [6, 6.07) is 16.3. The minimum Gasteiger partial charge on any atom is -0.355 e. The van der Waals surface area contributed by atoms with E-state index in [-0.39, 0.29) is 17.3 Å². The molecule has 0 unspecified atom stereocenters. The molecule has 0 fully saturated rings. The van der Waals surface area contributed by atoms with Crippen molar-refractivity contribution in [3.05, 3.63) is 76.3 Å². The highest BCUT2D eigenvalue weighted by atomic mass is 35.5. The molecule has 0 saturated heterocycles. The van der Waals surface area contributed by atoms with Gasteiger partial charge in [-0.1, -0.05) is 59.6 Å². The zero-order valence-corrected chi connectivity index (χ0v) is 22.0. The fourth-order valence-corrected chi connectivity index (χ4v) is 5.09. The fourth-order valence-electron chi connectivity index (χ4n) is 3.61. The van der Waals surface area contributed by atoms with Gasteiger partial charge in [-0.3, -0.25) is 9.59 Å². The largest absolute Gasteiger partial charge is 0.355 e. The molecule has 1 N–H and O–H groups in total. The van der Waals surface area contributed by atoms with Gasteiger partial charge in [-0.2, -0.15) is 4.31 Å². The first-order valence-electron chi connectivity index (χ1n) is 11.0. The summed E-state index contributed by atoms with van der Waals surface area (Å²) in [7, 11) is -2.61. The van der Waals surface area contributed by atoms with Gasteiger partial charge in [-0.25, -0.2) is 8.42 Å². The number of hydrogen-bond donors (Lipinski definition) is 1. The summed E-state index contributed by atoms with van der Waals surface area (Å²) in [5.41, 5.74) is 0.656. The maximum Gasteiger partial charge on any atom is 0.243 e. The van der Waals surface area contributed by atoms with E-state index in [1.807, 2.05) is 24.3 Å². The Morgan fingerprint density at radius 1 is 0.971 bits per heavy atom. The molecule has 0 heterocycles. The van der Waals surface area contributed by atoms with Crippen LogP contribution in [0.1, 0.15) is 19.4 Å². The van der Waals surface area contributed by atoms with Gasteiger partial charge in [-0.05, 0) is 54.4 Å². The van der Waals surface area contributed by atoms with Crippen LogP contribution in [0.4, 0.5) is 0 Å². The standard InChI is InChI=1S/C25H27Cl2N3O4S/c1-4-28-25(32)17(2)30(15-18-9-12-22(26)23(27)13-18)24(31)16-29(3)35(33,34)21-11-10-19-7-5-6-8-20(19)14-21/h5-14,17H,4,15-16H2,1-3H3,(H,28,32)/t17-/m0/s1. The van der Waals surface area contributed by atoms with Gasteiger partial charge >= 0.3 is 0 Å². The number of halogens is 2. The van der Waals surface area contributed by atoms with E-state index in [9.17, 15) is 18.0 Å². The van der Waals surface area contributed by atoms with Gasteiger partial charge < -0.3 is 10.2 Å². The zero-order valence-electron chi connectivity index (χ0n) is 19.7. The number of sulfonamides is 1. The quantitative estimate of drug-likeness (QED) is 0.442. The minimum absolute atomic E-state index is 0.0535. The Morgan fingerprint density at radius 3 is 2.31 bits per heavy atom. The average Bonchev–Trinajstić information content (AvgIpc) is 2.83. The molecule has 0 aliphatic carbocycles. The van der Waals surface area contributed by atoms with Crippen LogP contribution in [-0.2, 0) is 26.2 Å². The molecule has 35 heavy (non-hydrogen) atoms. The van der Waals surface area contributed by atoms with Crippen molar-refractivity contribution in [2.75, 3.05) is 20.1 Å². The predicted octanol–water partition coefficient (Wildman–Crippen LogP) is 4.32. The number of likely N-dealkylation sites (N-methyl/N-ethyl adjacent to an activating group) is 2. The normalized spacial score (nSPS) is 12.5. The average molecular weight is 536 g/mol. The summed E-state index contributed by atoms with van der Waals surface area (Å²) in [6.07, 6.45) is 0. The Hall–Kier alpha value is -2.65. The van der Waals surface area contributed by atoms with E-state index in [4.69, 9.17) is 23.2 Å². The van der Waals surface area contributed by atoms with Gasteiger partial charge in [0.1, 0.15) is 6.04 Å². The van der Waals surface area contributed by atoms with Crippen molar-refractivity contribution in [3.8, 4) is 0 Å². The minimum atomic E-state index is -3.95. The molecule has 3 aromatic carbocycles. The predicted molar refractivity (Wildman–Crippen MR) is 139 cm³/mol. The van der Waals surface area contributed by atoms with E-state index >= 15 is 0 Å². The molecule has 7 nitrogen and oxygen atoms in total. The van der Waals surface area contributed by atoms with Gasteiger partial charge in [0, 0.05) is 20.1 Å². The number of rotatable bonds is 9. The monoisotopic (exact) mass is 535 g/mol. The molecule has 1 atom stereocenters. The Kier molecular flexibility index (Phi) is 8.77. The lowest BCUT2D eigenvalue weighted by Gasteiger charge is -2.30. The van der Waals surface area contributed by atoms with Crippen LogP contribution < -0.4 is 5.32 Å². The third-order valence-electron chi connectivity index (χ3n) is 5.64. The maximum absolute atomic E-state index is 13.3. The number of amides is 2. The van der Waals surface area contributed by atoms with Crippen LogP contribution >= 0.6 is 23.2 Å². The summed E-state index contributed by atoms with van der Waals surface area (Å²) >= 11 is 12.1. The maximum atomic E-state index is 13.3. The smallest absolute Gasteiger partial charge is 0.243 e. The Bertz CT molecular complexity index is 1350. The molecule has 0 radical (unpaired) electrons. The number of nitrogens with zero attached hydrogens (tertiary/aromatic N) is 2. The number of carbonyl (C=O) groups excluding carboxylic acids is 2. The molecule has 0 aliphatic rings. The van der Waals surface area contributed by atoms with Crippen molar-refractivity contribution >= 4 is 55.8 Å². The summed E-state index contributed by atoms with van der Waals surface area (Å²) in [6.45, 7) is 3.38. The summed E-state index contributed by atoms with van der Waals surface area (Å²) < 4.78 is 27.4. The number of benzene rings is 3. The molecule has 0 saturated carbocycles. The molecule has 186 valence electrons. The molecule has 0 bridgehead atoms. The van der Waals surface area contributed by atoms with Crippen molar-refractivity contribution < 1.29 is 18.0 Å². The Labute approximate surface area is 215 Å². The highest BCUT2D eigenvalue weighted by Gasteiger charge is 2.30. The number of nitrogens with one attached hydrogen (secondary N) is 1. The molecular weight excluding hydrogens is 509 g/mol. The number of carbonyl (C=O) groups is 2. The number of fused-ring (bicyclic) bond motifs is 1. The lowest BCUT2D eigenvalue weighted by Crippen LogP contribution is -2.50. The second-order valence-electron chi connectivity index (χ2n) is 8.11. The molecule has 3 rings (SSSR count). The first kappa shape index (κ1) is 26.9. The van der Waals surface area contributed by atoms with Crippen LogP contribution in [0.5, 0.6) is 0 Å². The molecule has 0 aliphatic heterocycles. The van der Waals surface area contributed by atoms with Crippen LogP contribution in [0.25, 0.3) is 10.8 Å². The van der Waals surface area contributed by atoms with E-state index in [1.54, 1.807) is 44.2 Å². The summed E-state index contributed by atoms with van der Waals surface area (Å²) in [4.78, 5) is 27.3. The highest BCUT2D eigenvalue weighted by Crippen LogP contribution is 2.25. The molecule has 0 spiro atoms. The zero-order chi connectivity index (χ0) is 25.8. The van der Waals surface area contributed by atoms with Crippen LogP contribution in [0.15, 0.2) is 65.6 Å². The molecular formula is C25H27Cl2N3O4S. The van der Waals surface area contributed by atoms with Crippen molar-refractivity contribution in [1.82, 2.24) is 14.5 Å². The lowest BCUT2D eigenvalue weighted by molar-refractivity contribution is -0.140. The van der Waals surface area contributed by atoms with E-state index in [2.05, 4.69) is 5.32 Å². The van der Waals surface area contributed by atoms with Crippen molar-refractivity contribution in [2.45, 2.75) is 31.3 Å². The van der Waals surface area contributed by atoms with E-state index in [0.717, 1.165) is 15.1 Å². The third-order valence-corrected chi connectivity index (χ3v) is 8.18. The van der Waals surface area contributed by atoms with E-state index in [0.29, 0.717) is 22.2 Å². The topological polar surface area (TPSA) is 86.8 Å². The second kappa shape index (κ2) is 11.4. The first-order valence-corrected chi connectivity index (χ1v) is 13.2. The molecule has 3 aromatic rings. The van der Waals surface area contributed by atoms with Crippen molar-refractivity contribution in [1.29, 1.82) is 0 Å². The van der Waals surface area contributed by atoms with E-state index in [1.165, 1.54) is 18.0 Å². The van der Waals surface area contributed by atoms with E-state index < -0.39 is 28.5 Å². The van der Waals surface area contributed by atoms with Gasteiger partial charge in [0.2, 0.25) is 21.8 Å². The van der Waals surface area contributed by atoms with Gasteiger partial charge in [0.05, 0.1) is 21.5 Å². The number of hydrogen-bond acceptors (Lipinski definition) is 4. The highest BCUT2D eigenvalue weighted by molar-refractivity contribution is 7.89.